The Morgan fingerprint density at radius 1 is 1.12 bits per heavy atom. The second-order valence-electron chi connectivity index (χ2n) is 7.17. The highest BCUT2D eigenvalue weighted by Crippen LogP contribution is 2.31. The molecule has 2 fully saturated rings. The molecule has 0 bridgehead atoms. The van der Waals surface area contributed by atoms with E-state index >= 15 is 0 Å². The Bertz CT molecular complexity index is 663. The van der Waals surface area contributed by atoms with Gasteiger partial charge in [-0.05, 0) is 59.3 Å². The monoisotopic (exact) mass is 408 g/mol. The van der Waals surface area contributed by atoms with Gasteiger partial charge in [-0.1, -0.05) is 12.8 Å². The number of phenolic OH excluding ortho intramolecular Hbond substituents is 1. The number of phenols is 1. The summed E-state index contributed by atoms with van der Waals surface area (Å²) in [6.45, 7) is 4.07. The maximum Gasteiger partial charge on any atom is 0.257 e. The molecular formula is C19H25BrN2O3. The van der Waals surface area contributed by atoms with Crippen molar-refractivity contribution in [3.8, 4) is 5.75 Å². The Morgan fingerprint density at radius 2 is 1.72 bits per heavy atom. The highest BCUT2D eigenvalue weighted by atomic mass is 79.9. The average Bonchev–Trinajstić information content (AvgIpc) is 3.10. The molecule has 2 aliphatic rings. The minimum atomic E-state index is -0.176. The molecule has 1 saturated carbocycles. The van der Waals surface area contributed by atoms with Crippen molar-refractivity contribution in [1.29, 1.82) is 0 Å². The van der Waals surface area contributed by atoms with Gasteiger partial charge in [0, 0.05) is 32.6 Å². The third kappa shape index (κ3) is 4.17. The molecule has 25 heavy (non-hydrogen) atoms. The molecule has 0 spiro atoms. The molecule has 136 valence electrons. The van der Waals surface area contributed by atoms with E-state index in [9.17, 15) is 14.7 Å². The molecule has 0 aromatic heterocycles. The molecule has 0 unspecified atom stereocenters. The zero-order valence-corrected chi connectivity index (χ0v) is 16.2. The van der Waals surface area contributed by atoms with Gasteiger partial charge in [0.1, 0.15) is 5.75 Å². The highest BCUT2D eigenvalue weighted by molar-refractivity contribution is 9.10. The number of hydrogen-bond donors (Lipinski definition) is 1. The van der Waals surface area contributed by atoms with E-state index in [1.165, 1.54) is 25.7 Å². The van der Waals surface area contributed by atoms with E-state index < -0.39 is 0 Å². The summed E-state index contributed by atoms with van der Waals surface area (Å²) in [4.78, 5) is 28.7. The van der Waals surface area contributed by atoms with E-state index in [0.717, 1.165) is 5.56 Å². The minimum absolute atomic E-state index is 0.0182. The van der Waals surface area contributed by atoms with Crippen LogP contribution in [0.2, 0.25) is 0 Å². The molecule has 0 radical (unpaired) electrons. The second kappa shape index (κ2) is 7.77. The topological polar surface area (TPSA) is 60.9 Å². The van der Waals surface area contributed by atoms with Crippen LogP contribution in [0.15, 0.2) is 16.6 Å². The van der Waals surface area contributed by atoms with Crippen LogP contribution in [0.25, 0.3) is 0 Å². The van der Waals surface area contributed by atoms with Gasteiger partial charge in [0.05, 0.1) is 10.0 Å². The van der Waals surface area contributed by atoms with Crippen molar-refractivity contribution in [3.63, 3.8) is 0 Å². The molecule has 5 nitrogen and oxygen atoms in total. The van der Waals surface area contributed by atoms with Gasteiger partial charge < -0.3 is 14.9 Å². The summed E-state index contributed by atoms with van der Waals surface area (Å²) in [5.74, 6) is 0.578. The van der Waals surface area contributed by atoms with Crippen LogP contribution in [0.1, 0.15) is 48.0 Å². The predicted octanol–water partition coefficient (Wildman–Crippen LogP) is 3.33. The zero-order valence-electron chi connectivity index (χ0n) is 14.6. The Hall–Kier alpha value is -1.56. The van der Waals surface area contributed by atoms with Crippen LogP contribution >= 0.6 is 15.9 Å². The van der Waals surface area contributed by atoms with Crippen LogP contribution < -0.4 is 0 Å². The number of nitrogens with zero attached hydrogens (tertiary/aromatic N) is 2. The van der Waals surface area contributed by atoms with Crippen molar-refractivity contribution < 1.29 is 14.7 Å². The standard InChI is InChI=1S/C19H25BrN2O3/c1-13-10-15(18(24)16(20)11-13)19(25)22-8-6-21(7-9-22)17(23)12-14-4-2-3-5-14/h10-11,14,24H,2-9,12H2,1H3. The predicted molar refractivity (Wildman–Crippen MR) is 99.6 cm³/mol. The van der Waals surface area contributed by atoms with Crippen LogP contribution in [-0.4, -0.2) is 52.9 Å². The maximum absolute atomic E-state index is 12.7. The molecular weight excluding hydrogens is 384 g/mol. The van der Waals surface area contributed by atoms with E-state index in [1.807, 2.05) is 11.8 Å². The van der Waals surface area contributed by atoms with Crippen molar-refractivity contribution in [2.45, 2.75) is 39.0 Å². The number of carbonyl (C=O) groups excluding carboxylic acids is 2. The minimum Gasteiger partial charge on any atom is -0.506 e. The summed E-state index contributed by atoms with van der Waals surface area (Å²) in [7, 11) is 0. The van der Waals surface area contributed by atoms with Gasteiger partial charge in [-0.3, -0.25) is 9.59 Å². The van der Waals surface area contributed by atoms with E-state index in [1.54, 1.807) is 17.0 Å². The lowest BCUT2D eigenvalue weighted by atomic mass is 10.0. The highest BCUT2D eigenvalue weighted by Gasteiger charge is 2.28. The van der Waals surface area contributed by atoms with Crippen LogP contribution in [0.4, 0.5) is 0 Å². The summed E-state index contributed by atoms with van der Waals surface area (Å²) in [6.07, 6.45) is 5.49. The number of benzene rings is 1. The summed E-state index contributed by atoms with van der Waals surface area (Å²) >= 11 is 3.29. The van der Waals surface area contributed by atoms with Crippen molar-refractivity contribution in [3.05, 3.63) is 27.7 Å². The molecule has 1 saturated heterocycles. The Morgan fingerprint density at radius 3 is 2.36 bits per heavy atom. The number of halogens is 1. The fraction of sp³-hybridized carbons (Fsp3) is 0.579. The maximum atomic E-state index is 12.7. The molecule has 0 atom stereocenters. The lowest BCUT2D eigenvalue weighted by Gasteiger charge is -2.35. The lowest BCUT2D eigenvalue weighted by molar-refractivity contribution is -0.133. The molecule has 1 aliphatic heterocycles. The first-order valence-corrected chi connectivity index (χ1v) is 9.81. The van der Waals surface area contributed by atoms with Crippen molar-refractivity contribution in [2.24, 2.45) is 5.92 Å². The number of hydrogen-bond acceptors (Lipinski definition) is 3. The normalized spacial score (nSPS) is 18.6. The SMILES string of the molecule is Cc1cc(Br)c(O)c(C(=O)N2CCN(C(=O)CC3CCCC3)CC2)c1. The van der Waals surface area contributed by atoms with E-state index in [2.05, 4.69) is 15.9 Å². The molecule has 1 aromatic carbocycles. The van der Waals surface area contributed by atoms with E-state index in [4.69, 9.17) is 0 Å². The third-order valence-corrected chi connectivity index (χ3v) is 5.90. The third-order valence-electron chi connectivity index (χ3n) is 5.30. The first-order valence-electron chi connectivity index (χ1n) is 9.02. The lowest BCUT2D eigenvalue weighted by Crippen LogP contribution is -2.50. The summed E-state index contributed by atoms with van der Waals surface area (Å²) < 4.78 is 0.529. The van der Waals surface area contributed by atoms with Gasteiger partial charge in [-0.15, -0.1) is 0 Å². The summed E-state index contributed by atoms with van der Waals surface area (Å²) in [5, 5.41) is 10.2. The van der Waals surface area contributed by atoms with E-state index in [0.29, 0.717) is 48.6 Å². The van der Waals surface area contributed by atoms with Crippen molar-refractivity contribution in [1.82, 2.24) is 9.80 Å². The molecule has 2 amide bonds. The fourth-order valence-electron chi connectivity index (χ4n) is 3.82. The number of carbonyl (C=O) groups is 2. The van der Waals surface area contributed by atoms with Crippen LogP contribution in [-0.2, 0) is 4.79 Å². The quantitative estimate of drug-likeness (QED) is 0.833. The second-order valence-corrected chi connectivity index (χ2v) is 8.02. The Balaban J connectivity index is 1.58. The van der Waals surface area contributed by atoms with Crippen LogP contribution in [0.3, 0.4) is 0 Å². The number of amides is 2. The number of aryl methyl sites for hydroxylation is 1. The smallest absolute Gasteiger partial charge is 0.257 e. The molecule has 3 rings (SSSR count). The summed E-state index contributed by atoms with van der Waals surface area (Å²) in [5.41, 5.74) is 1.23. The fourth-order valence-corrected chi connectivity index (χ4v) is 4.39. The number of rotatable bonds is 3. The first kappa shape index (κ1) is 18.2. The van der Waals surface area contributed by atoms with Crippen molar-refractivity contribution >= 4 is 27.7 Å². The van der Waals surface area contributed by atoms with Gasteiger partial charge in [0.2, 0.25) is 5.91 Å². The zero-order chi connectivity index (χ0) is 18.0. The Labute approximate surface area is 157 Å². The molecule has 1 aliphatic carbocycles. The molecule has 6 heteroatoms. The molecule has 1 N–H and O–H groups in total. The van der Waals surface area contributed by atoms with Gasteiger partial charge in [0.25, 0.3) is 5.91 Å². The van der Waals surface area contributed by atoms with Gasteiger partial charge in [0.15, 0.2) is 0 Å². The molecule has 1 aromatic rings. The first-order chi connectivity index (χ1) is 12.0. The average molecular weight is 409 g/mol. The molecule has 1 heterocycles. The largest absolute Gasteiger partial charge is 0.506 e. The van der Waals surface area contributed by atoms with E-state index in [-0.39, 0.29) is 17.6 Å². The number of piperazine rings is 1. The number of aromatic hydroxyl groups is 1. The Kier molecular flexibility index (Phi) is 5.67. The van der Waals surface area contributed by atoms with Gasteiger partial charge in [-0.25, -0.2) is 0 Å². The van der Waals surface area contributed by atoms with Crippen LogP contribution in [0.5, 0.6) is 5.75 Å². The van der Waals surface area contributed by atoms with Gasteiger partial charge >= 0.3 is 0 Å². The van der Waals surface area contributed by atoms with Crippen molar-refractivity contribution in [2.75, 3.05) is 26.2 Å². The summed E-state index contributed by atoms with van der Waals surface area (Å²) in [6, 6.07) is 3.49. The van der Waals surface area contributed by atoms with Crippen LogP contribution in [0, 0.1) is 12.8 Å². The van der Waals surface area contributed by atoms with Gasteiger partial charge in [-0.2, -0.15) is 0 Å².